The fourth-order valence-corrected chi connectivity index (χ4v) is 2.44. The van der Waals surface area contributed by atoms with Crippen LogP contribution in [-0.4, -0.2) is 29.7 Å². The molecule has 0 radical (unpaired) electrons. The van der Waals surface area contributed by atoms with Crippen molar-refractivity contribution < 1.29 is 9.50 Å². The molecule has 0 aromatic heterocycles. The normalized spacial score (nSPS) is 22.6. The van der Waals surface area contributed by atoms with Gasteiger partial charge >= 0.3 is 0 Å². The average Bonchev–Trinajstić information content (AvgIpc) is 2.29. The molecule has 1 aliphatic carbocycles. The number of nitriles is 1. The Labute approximate surface area is 106 Å². The van der Waals surface area contributed by atoms with Crippen LogP contribution < -0.4 is 0 Å². The van der Waals surface area contributed by atoms with E-state index in [0.717, 1.165) is 24.9 Å². The van der Waals surface area contributed by atoms with Gasteiger partial charge in [-0.2, -0.15) is 5.26 Å². The van der Waals surface area contributed by atoms with Crippen LogP contribution in [0.15, 0.2) is 18.2 Å². The molecule has 0 bridgehead atoms. The van der Waals surface area contributed by atoms with Crippen LogP contribution in [0.5, 0.6) is 0 Å². The van der Waals surface area contributed by atoms with E-state index < -0.39 is 0 Å². The third-order valence-corrected chi connectivity index (χ3v) is 3.41. The number of aliphatic hydroxyl groups excluding tert-OH is 1. The van der Waals surface area contributed by atoms with Gasteiger partial charge in [0.25, 0.3) is 0 Å². The first-order valence-corrected chi connectivity index (χ1v) is 6.13. The molecule has 0 unspecified atom stereocenters. The number of hydrogen-bond donors (Lipinski definition) is 1. The van der Waals surface area contributed by atoms with E-state index in [2.05, 4.69) is 4.90 Å². The summed E-state index contributed by atoms with van der Waals surface area (Å²) < 4.78 is 13.0. The van der Waals surface area contributed by atoms with Crippen molar-refractivity contribution >= 4 is 0 Å². The number of aliphatic hydroxyl groups is 1. The first-order valence-electron chi connectivity index (χ1n) is 6.13. The predicted molar refractivity (Wildman–Crippen MR) is 66.2 cm³/mol. The summed E-state index contributed by atoms with van der Waals surface area (Å²) in [6, 6.07) is 6.35. The highest BCUT2D eigenvalue weighted by Gasteiger charge is 2.27. The maximum atomic E-state index is 13.0. The molecule has 0 spiro atoms. The van der Waals surface area contributed by atoms with Crippen LogP contribution in [0.3, 0.4) is 0 Å². The van der Waals surface area contributed by atoms with Gasteiger partial charge in [0, 0.05) is 13.1 Å². The molecule has 1 aromatic rings. The zero-order valence-electron chi connectivity index (χ0n) is 10.4. The third kappa shape index (κ3) is 3.06. The van der Waals surface area contributed by atoms with Crippen LogP contribution in [0.25, 0.3) is 0 Å². The highest BCUT2D eigenvalue weighted by Crippen LogP contribution is 2.28. The maximum Gasteiger partial charge on any atom is 0.124 e. The van der Waals surface area contributed by atoms with E-state index in [-0.39, 0.29) is 11.9 Å². The lowest BCUT2D eigenvalue weighted by Crippen LogP contribution is -2.36. The fourth-order valence-electron chi connectivity index (χ4n) is 2.44. The van der Waals surface area contributed by atoms with Crippen LogP contribution in [0, 0.1) is 23.1 Å². The van der Waals surface area contributed by atoms with Crippen molar-refractivity contribution in [2.75, 3.05) is 13.6 Å². The molecular weight excluding hydrogens is 231 g/mol. The average molecular weight is 248 g/mol. The minimum atomic E-state index is -0.375. The van der Waals surface area contributed by atoms with Gasteiger partial charge in [-0.05, 0) is 43.5 Å². The Morgan fingerprint density at radius 1 is 1.50 bits per heavy atom. The number of rotatable bonds is 4. The zero-order valence-corrected chi connectivity index (χ0v) is 10.4. The van der Waals surface area contributed by atoms with Crippen LogP contribution in [0.2, 0.25) is 0 Å². The summed E-state index contributed by atoms with van der Waals surface area (Å²) in [5.74, 6) is 0.163. The highest BCUT2D eigenvalue weighted by atomic mass is 19.1. The van der Waals surface area contributed by atoms with Crippen LogP contribution in [0.4, 0.5) is 4.39 Å². The second-order valence-electron chi connectivity index (χ2n) is 5.10. The van der Waals surface area contributed by atoms with Crippen molar-refractivity contribution in [2.24, 2.45) is 5.92 Å². The Morgan fingerprint density at radius 3 is 2.83 bits per heavy atom. The molecule has 1 aromatic carbocycles. The summed E-state index contributed by atoms with van der Waals surface area (Å²) in [4.78, 5) is 2.12. The molecular formula is C14H17FN2O. The predicted octanol–water partition coefficient (Wildman–Crippen LogP) is 1.90. The van der Waals surface area contributed by atoms with Gasteiger partial charge in [-0.3, -0.25) is 0 Å². The van der Waals surface area contributed by atoms with Gasteiger partial charge in [-0.25, -0.2) is 4.39 Å². The van der Waals surface area contributed by atoms with Gasteiger partial charge < -0.3 is 10.0 Å². The fraction of sp³-hybridized carbons (Fsp3) is 0.500. The standard InChI is InChI=1S/C14H17FN2O/c1-17(8-10-4-14(18)5-10)9-11-2-3-13(15)6-12(11)7-16/h2-3,6,10,14,18H,4-5,8-9H2,1H3. The van der Waals surface area contributed by atoms with Crippen LogP contribution in [-0.2, 0) is 6.54 Å². The lowest BCUT2D eigenvalue weighted by molar-refractivity contribution is 0.0273. The molecule has 2 rings (SSSR count). The molecule has 0 saturated heterocycles. The van der Waals surface area contributed by atoms with Crippen molar-refractivity contribution in [3.05, 3.63) is 35.1 Å². The smallest absolute Gasteiger partial charge is 0.124 e. The van der Waals surface area contributed by atoms with E-state index in [9.17, 15) is 9.50 Å². The van der Waals surface area contributed by atoms with Gasteiger partial charge in [-0.15, -0.1) is 0 Å². The van der Waals surface area contributed by atoms with Crippen molar-refractivity contribution in [3.63, 3.8) is 0 Å². The largest absolute Gasteiger partial charge is 0.393 e. The number of benzene rings is 1. The molecule has 1 aliphatic rings. The second kappa shape index (κ2) is 5.47. The first kappa shape index (κ1) is 13.0. The first-order chi connectivity index (χ1) is 8.58. The van der Waals surface area contributed by atoms with Crippen LogP contribution in [0.1, 0.15) is 24.0 Å². The van der Waals surface area contributed by atoms with Crippen molar-refractivity contribution in [2.45, 2.75) is 25.5 Å². The number of nitrogens with zero attached hydrogens (tertiary/aromatic N) is 2. The summed E-state index contributed by atoms with van der Waals surface area (Å²) >= 11 is 0. The van der Waals surface area contributed by atoms with Crippen molar-refractivity contribution in [1.82, 2.24) is 4.90 Å². The summed E-state index contributed by atoms with van der Waals surface area (Å²) in [5.41, 5.74) is 1.25. The number of halogens is 1. The monoisotopic (exact) mass is 248 g/mol. The lowest BCUT2D eigenvalue weighted by atomic mass is 9.82. The molecule has 1 fully saturated rings. The van der Waals surface area contributed by atoms with E-state index in [1.807, 2.05) is 13.1 Å². The topological polar surface area (TPSA) is 47.3 Å². The molecule has 1 saturated carbocycles. The van der Waals surface area contributed by atoms with Gasteiger partial charge in [0.2, 0.25) is 0 Å². The Hall–Kier alpha value is -1.44. The van der Waals surface area contributed by atoms with Gasteiger partial charge in [0.05, 0.1) is 17.7 Å². The molecule has 1 N–H and O–H groups in total. The SMILES string of the molecule is CN(Cc1ccc(F)cc1C#N)CC1CC(O)C1. The van der Waals surface area contributed by atoms with Gasteiger partial charge in [0.15, 0.2) is 0 Å². The minimum Gasteiger partial charge on any atom is -0.393 e. The maximum absolute atomic E-state index is 13.0. The number of hydrogen-bond acceptors (Lipinski definition) is 3. The summed E-state index contributed by atoms with van der Waals surface area (Å²) in [7, 11) is 1.98. The second-order valence-corrected chi connectivity index (χ2v) is 5.10. The summed E-state index contributed by atoms with van der Waals surface area (Å²) in [6.45, 7) is 1.54. The lowest BCUT2D eigenvalue weighted by Gasteiger charge is -2.34. The molecule has 0 heterocycles. The molecule has 0 aliphatic heterocycles. The summed E-state index contributed by atoms with van der Waals surface area (Å²) in [6.07, 6.45) is 1.58. The van der Waals surface area contributed by atoms with E-state index >= 15 is 0 Å². The minimum absolute atomic E-state index is 0.135. The van der Waals surface area contributed by atoms with Crippen molar-refractivity contribution in [3.8, 4) is 6.07 Å². The molecule has 4 heteroatoms. The van der Waals surface area contributed by atoms with E-state index in [1.165, 1.54) is 12.1 Å². The quantitative estimate of drug-likeness (QED) is 0.885. The Bertz CT molecular complexity index is 463. The van der Waals surface area contributed by atoms with E-state index in [4.69, 9.17) is 5.26 Å². The third-order valence-electron chi connectivity index (χ3n) is 3.41. The zero-order chi connectivity index (χ0) is 13.1. The Balaban J connectivity index is 1.94. The Morgan fingerprint density at radius 2 is 2.22 bits per heavy atom. The van der Waals surface area contributed by atoms with E-state index in [0.29, 0.717) is 18.0 Å². The highest BCUT2D eigenvalue weighted by molar-refractivity contribution is 5.37. The molecule has 96 valence electrons. The molecule has 3 nitrogen and oxygen atoms in total. The van der Waals surface area contributed by atoms with Gasteiger partial charge in [-0.1, -0.05) is 6.07 Å². The molecule has 0 amide bonds. The molecule has 0 atom stereocenters. The van der Waals surface area contributed by atoms with Crippen LogP contribution >= 0.6 is 0 Å². The van der Waals surface area contributed by atoms with Gasteiger partial charge in [0.1, 0.15) is 5.82 Å². The Kier molecular flexibility index (Phi) is 3.95. The van der Waals surface area contributed by atoms with E-state index in [1.54, 1.807) is 6.07 Å². The van der Waals surface area contributed by atoms with Crippen molar-refractivity contribution in [1.29, 1.82) is 5.26 Å². The molecule has 18 heavy (non-hydrogen) atoms. The summed E-state index contributed by atoms with van der Waals surface area (Å²) in [5, 5.41) is 18.2.